The summed E-state index contributed by atoms with van der Waals surface area (Å²) in [5.41, 5.74) is -1.11. The Morgan fingerprint density at radius 1 is 1.03 bits per heavy atom. The van der Waals surface area contributed by atoms with Crippen molar-refractivity contribution >= 4 is 0 Å². The molecule has 162 valence electrons. The van der Waals surface area contributed by atoms with Gasteiger partial charge in [0.1, 0.15) is 17.1 Å². The Bertz CT molecular complexity index is 704. The minimum atomic E-state index is -1.33. The Kier molecular flexibility index (Phi) is 5.57. The van der Waals surface area contributed by atoms with Gasteiger partial charge in [0.05, 0.1) is 6.61 Å². The second-order valence-electron chi connectivity index (χ2n) is 9.20. The first-order valence-corrected chi connectivity index (χ1v) is 10.9. The first kappa shape index (κ1) is 20.9. The molecule has 1 aliphatic carbocycles. The van der Waals surface area contributed by atoms with E-state index in [1.165, 1.54) is 0 Å². The van der Waals surface area contributed by atoms with Gasteiger partial charge < -0.3 is 29.2 Å². The van der Waals surface area contributed by atoms with Gasteiger partial charge in [0.15, 0.2) is 12.1 Å². The minimum Gasteiger partial charge on any atom is -0.494 e. The molecule has 3 aliphatic rings. The van der Waals surface area contributed by atoms with Crippen LogP contribution in [0.15, 0.2) is 24.3 Å². The molecule has 1 aromatic rings. The smallest absolute Gasteiger partial charge is 0.205 e. The van der Waals surface area contributed by atoms with Crippen molar-refractivity contribution in [2.45, 2.75) is 77.3 Å². The molecule has 8 atom stereocenters. The molecule has 0 radical (unpaired) electrons. The number of rotatable bonds is 4. The molecule has 6 heteroatoms. The summed E-state index contributed by atoms with van der Waals surface area (Å²) >= 11 is 0. The van der Waals surface area contributed by atoms with E-state index in [0.717, 1.165) is 25.0 Å². The van der Waals surface area contributed by atoms with E-state index in [0.29, 0.717) is 24.7 Å². The van der Waals surface area contributed by atoms with Crippen LogP contribution in [0.5, 0.6) is 11.5 Å². The highest BCUT2D eigenvalue weighted by Gasteiger charge is 2.63. The van der Waals surface area contributed by atoms with Crippen LogP contribution in [0, 0.1) is 23.7 Å². The molecule has 0 amide bonds. The quantitative estimate of drug-likeness (QED) is 0.794. The predicted octanol–water partition coefficient (Wildman–Crippen LogP) is 3.69. The lowest BCUT2D eigenvalue weighted by atomic mass is 9.58. The third-order valence-corrected chi connectivity index (χ3v) is 7.17. The van der Waals surface area contributed by atoms with Crippen molar-refractivity contribution in [3.8, 4) is 11.5 Å². The second-order valence-corrected chi connectivity index (χ2v) is 9.20. The van der Waals surface area contributed by atoms with Crippen molar-refractivity contribution in [1.29, 1.82) is 0 Å². The van der Waals surface area contributed by atoms with Gasteiger partial charge in [-0.25, -0.2) is 0 Å². The Morgan fingerprint density at radius 3 is 2.41 bits per heavy atom. The van der Waals surface area contributed by atoms with Crippen LogP contribution in [0.2, 0.25) is 0 Å². The van der Waals surface area contributed by atoms with Crippen molar-refractivity contribution in [2.24, 2.45) is 23.7 Å². The molecule has 1 saturated carbocycles. The number of hydrogen-bond acceptors (Lipinski definition) is 6. The average molecular weight is 407 g/mol. The molecule has 6 nitrogen and oxygen atoms in total. The van der Waals surface area contributed by atoms with Crippen LogP contribution in [0.1, 0.15) is 53.4 Å². The highest BCUT2D eigenvalue weighted by atomic mass is 16.8. The lowest BCUT2D eigenvalue weighted by Crippen LogP contribution is -2.67. The molecule has 3 unspecified atom stereocenters. The van der Waals surface area contributed by atoms with E-state index in [1.54, 1.807) is 6.92 Å². The first-order chi connectivity index (χ1) is 13.7. The van der Waals surface area contributed by atoms with E-state index in [4.69, 9.17) is 18.9 Å². The Labute approximate surface area is 173 Å². The van der Waals surface area contributed by atoms with Crippen molar-refractivity contribution < 1.29 is 29.2 Å². The molecule has 2 heterocycles. The van der Waals surface area contributed by atoms with E-state index in [2.05, 4.69) is 13.8 Å². The van der Waals surface area contributed by atoms with Crippen LogP contribution in [-0.4, -0.2) is 40.8 Å². The summed E-state index contributed by atoms with van der Waals surface area (Å²) in [5, 5.41) is 22.5. The van der Waals surface area contributed by atoms with E-state index in [-0.39, 0.29) is 17.8 Å². The lowest BCUT2D eigenvalue weighted by molar-refractivity contribution is -0.398. The first-order valence-electron chi connectivity index (χ1n) is 10.9. The maximum absolute atomic E-state index is 11.9. The second kappa shape index (κ2) is 7.73. The SMILES string of the molecule is CCOc1ccc(OC2O[C@@H]3O[C@](C)(O)CCC4[C@H](C)CCC([C@H]2C)[C@]43O)cc1. The van der Waals surface area contributed by atoms with Crippen molar-refractivity contribution in [3.63, 3.8) is 0 Å². The van der Waals surface area contributed by atoms with E-state index in [1.807, 2.05) is 31.2 Å². The van der Waals surface area contributed by atoms with E-state index in [9.17, 15) is 10.2 Å². The third kappa shape index (κ3) is 3.76. The number of ether oxygens (including phenoxy) is 4. The van der Waals surface area contributed by atoms with Crippen LogP contribution in [0.25, 0.3) is 0 Å². The minimum absolute atomic E-state index is 0.00975. The zero-order valence-electron chi connectivity index (χ0n) is 17.8. The van der Waals surface area contributed by atoms with Gasteiger partial charge >= 0.3 is 0 Å². The summed E-state index contributed by atoms with van der Waals surface area (Å²) in [6, 6.07) is 7.46. The molecule has 0 bridgehead atoms. The van der Waals surface area contributed by atoms with Gasteiger partial charge in [-0.2, -0.15) is 0 Å². The molecule has 4 rings (SSSR count). The van der Waals surface area contributed by atoms with Crippen molar-refractivity contribution in [1.82, 2.24) is 0 Å². The summed E-state index contributed by atoms with van der Waals surface area (Å²) < 4.78 is 23.8. The molecule has 0 spiro atoms. The zero-order chi connectivity index (χ0) is 20.8. The van der Waals surface area contributed by atoms with Gasteiger partial charge in [-0.05, 0) is 69.2 Å². The molecule has 0 aromatic heterocycles. The Balaban J connectivity index is 1.59. The van der Waals surface area contributed by atoms with Crippen molar-refractivity contribution in [3.05, 3.63) is 24.3 Å². The van der Waals surface area contributed by atoms with Crippen LogP contribution >= 0.6 is 0 Å². The fraction of sp³-hybridized carbons (Fsp3) is 0.739. The summed E-state index contributed by atoms with van der Waals surface area (Å²) in [6.45, 7) is 8.47. The Morgan fingerprint density at radius 2 is 1.72 bits per heavy atom. The van der Waals surface area contributed by atoms with Gasteiger partial charge in [0, 0.05) is 18.3 Å². The molecule has 3 fully saturated rings. The maximum atomic E-state index is 11.9. The molecular formula is C23H34O6. The van der Waals surface area contributed by atoms with Gasteiger partial charge in [0.2, 0.25) is 6.29 Å². The van der Waals surface area contributed by atoms with Crippen LogP contribution in [0.3, 0.4) is 0 Å². The molecule has 1 aromatic carbocycles. The van der Waals surface area contributed by atoms with E-state index < -0.39 is 24.0 Å². The summed E-state index contributed by atoms with van der Waals surface area (Å²) in [4.78, 5) is 0. The Hall–Kier alpha value is -1.34. The summed E-state index contributed by atoms with van der Waals surface area (Å²) in [6.07, 6.45) is 1.66. The van der Waals surface area contributed by atoms with Gasteiger partial charge in [-0.15, -0.1) is 0 Å². The van der Waals surface area contributed by atoms with Crippen LogP contribution < -0.4 is 9.47 Å². The number of benzene rings is 1. The molecule has 2 aliphatic heterocycles. The number of hydrogen-bond donors (Lipinski definition) is 2. The fourth-order valence-electron chi connectivity index (χ4n) is 5.58. The summed E-state index contributed by atoms with van der Waals surface area (Å²) in [5.74, 6) is 0.515. The van der Waals surface area contributed by atoms with Gasteiger partial charge in [-0.1, -0.05) is 13.8 Å². The molecular weight excluding hydrogens is 372 g/mol. The summed E-state index contributed by atoms with van der Waals surface area (Å²) in [7, 11) is 0. The zero-order valence-corrected chi connectivity index (χ0v) is 17.8. The normalized spacial score (nSPS) is 44.5. The average Bonchev–Trinajstić information content (AvgIpc) is 2.77. The lowest BCUT2D eigenvalue weighted by Gasteiger charge is -2.57. The topological polar surface area (TPSA) is 77.4 Å². The highest BCUT2D eigenvalue weighted by Crippen LogP contribution is 2.55. The predicted molar refractivity (Wildman–Crippen MR) is 107 cm³/mol. The highest BCUT2D eigenvalue weighted by molar-refractivity contribution is 5.31. The standard InChI is InChI=1S/C23H34O6/c1-5-26-16-7-9-17(10-8-16)27-20-15(3)19-11-6-14(2)18-12-13-22(4,24)29-21(28-20)23(18,19)25/h7-10,14-15,18-21,24-25H,5-6,11-13H2,1-4H3/t14-,15-,18?,19?,20?,21-,22+,23-/m1/s1. The molecule has 2 saturated heterocycles. The number of aliphatic hydroxyl groups is 2. The fourth-order valence-corrected chi connectivity index (χ4v) is 5.58. The third-order valence-electron chi connectivity index (χ3n) is 7.17. The van der Waals surface area contributed by atoms with Crippen LogP contribution in [-0.2, 0) is 9.47 Å². The van der Waals surface area contributed by atoms with Crippen LogP contribution in [0.4, 0.5) is 0 Å². The molecule has 29 heavy (non-hydrogen) atoms. The molecule has 2 N–H and O–H groups in total. The van der Waals surface area contributed by atoms with Gasteiger partial charge in [-0.3, -0.25) is 0 Å². The monoisotopic (exact) mass is 406 g/mol. The maximum Gasteiger partial charge on any atom is 0.205 e. The van der Waals surface area contributed by atoms with E-state index >= 15 is 0 Å². The van der Waals surface area contributed by atoms with Gasteiger partial charge in [0.25, 0.3) is 0 Å². The van der Waals surface area contributed by atoms with Crippen molar-refractivity contribution in [2.75, 3.05) is 6.61 Å². The largest absolute Gasteiger partial charge is 0.494 e.